The van der Waals surface area contributed by atoms with Gasteiger partial charge in [0.2, 0.25) is 4.38 Å². The Balaban J connectivity index is 2.26. The zero-order valence-electron chi connectivity index (χ0n) is 30.5. The van der Waals surface area contributed by atoms with Crippen LogP contribution in [-0.4, -0.2) is 60.5 Å². The summed E-state index contributed by atoms with van der Waals surface area (Å²) in [7, 11) is -6.13. The van der Waals surface area contributed by atoms with E-state index in [-0.39, 0.29) is 37.5 Å². The molecule has 0 unspecified atom stereocenters. The number of rotatable bonds is 9. The average molecular weight is 675 g/mol. The van der Waals surface area contributed by atoms with Crippen molar-refractivity contribution in [1.29, 1.82) is 0 Å². The Kier molecular flexibility index (Phi) is 9.92. The zero-order chi connectivity index (χ0) is 32.6. The molecule has 0 aromatic heterocycles. The zero-order valence-corrected chi connectivity index (χ0v) is 35.1. The largest absolute Gasteiger partial charge is 0.471 e. The van der Waals surface area contributed by atoms with Crippen LogP contribution >= 0.6 is 24.0 Å². The van der Waals surface area contributed by atoms with Gasteiger partial charge in [-0.05, 0) is 99.1 Å². The predicted octanol–water partition coefficient (Wildman–Crippen LogP) is 10.8. The molecule has 0 aliphatic heterocycles. The van der Waals surface area contributed by atoms with Crippen LogP contribution in [0.4, 0.5) is 0 Å². The molecule has 2 bridgehead atoms. The van der Waals surface area contributed by atoms with Gasteiger partial charge in [-0.1, -0.05) is 86.9 Å². The Labute approximate surface area is 273 Å². The minimum Gasteiger partial charge on any atom is -0.471 e. The standard InChI is InChI=1S/C33H66O4S2Si3/c1-27(2,3)40(12,13)34-23-31-20-18-19-21-33(31)25(37-42(16,17)29(7,8)9)22-32(31,30(33,10)36-26(38)39-11)24-35-41(14,15)28(4,5)6/h25H,18-24H2,1-17H3/t25-,30+,31+,32-,33-/m0/s1. The van der Waals surface area contributed by atoms with Gasteiger partial charge in [-0.3, -0.25) is 0 Å². The van der Waals surface area contributed by atoms with Crippen LogP contribution in [0.3, 0.4) is 0 Å². The van der Waals surface area contributed by atoms with Crippen LogP contribution in [0.2, 0.25) is 54.4 Å². The van der Waals surface area contributed by atoms with Crippen molar-refractivity contribution in [2.45, 2.75) is 167 Å². The van der Waals surface area contributed by atoms with Crippen LogP contribution in [0.25, 0.3) is 0 Å². The normalized spacial score (nSPS) is 34.2. The number of ether oxygens (including phenoxy) is 1. The predicted molar refractivity (Wildman–Crippen MR) is 194 cm³/mol. The van der Waals surface area contributed by atoms with Crippen molar-refractivity contribution in [2.24, 2.45) is 16.2 Å². The molecule has 4 aliphatic rings. The van der Waals surface area contributed by atoms with E-state index in [1.807, 2.05) is 6.26 Å². The number of hydrogen-bond acceptors (Lipinski definition) is 6. The van der Waals surface area contributed by atoms with Crippen molar-refractivity contribution in [3.05, 3.63) is 0 Å². The molecule has 4 aliphatic carbocycles. The molecule has 0 heterocycles. The summed E-state index contributed by atoms with van der Waals surface area (Å²) in [6, 6.07) is 0. The molecule has 1 spiro atoms. The number of thioether (sulfide) groups is 1. The van der Waals surface area contributed by atoms with Crippen LogP contribution in [0, 0.1) is 16.2 Å². The molecular formula is C33H66O4S2Si3. The van der Waals surface area contributed by atoms with Gasteiger partial charge in [-0.25, -0.2) is 0 Å². The molecule has 4 fully saturated rings. The molecular weight excluding hydrogens is 609 g/mol. The van der Waals surface area contributed by atoms with Crippen molar-refractivity contribution in [2.75, 3.05) is 19.5 Å². The van der Waals surface area contributed by atoms with Gasteiger partial charge in [0.25, 0.3) is 0 Å². The lowest BCUT2D eigenvalue weighted by molar-refractivity contribution is -0.355. The highest BCUT2D eigenvalue weighted by molar-refractivity contribution is 8.22. The molecule has 0 aromatic carbocycles. The Bertz CT molecular complexity index is 1030. The van der Waals surface area contributed by atoms with E-state index in [0.29, 0.717) is 11.0 Å². The van der Waals surface area contributed by atoms with E-state index in [1.54, 1.807) is 11.8 Å². The van der Waals surface area contributed by atoms with E-state index >= 15 is 0 Å². The Morgan fingerprint density at radius 3 is 1.60 bits per heavy atom. The van der Waals surface area contributed by atoms with E-state index in [1.165, 1.54) is 12.8 Å². The summed E-state index contributed by atoms with van der Waals surface area (Å²) in [5.41, 5.74) is -0.920. The summed E-state index contributed by atoms with van der Waals surface area (Å²) in [6.07, 6.45) is 7.78. The van der Waals surface area contributed by atoms with E-state index < -0.39 is 30.6 Å². The third kappa shape index (κ3) is 5.35. The highest BCUT2D eigenvalue weighted by Crippen LogP contribution is 2.88. The first-order chi connectivity index (χ1) is 18.6. The maximum atomic E-state index is 7.56. The summed E-state index contributed by atoms with van der Waals surface area (Å²) < 4.78 is 29.9. The minimum atomic E-state index is -2.08. The van der Waals surface area contributed by atoms with E-state index in [2.05, 4.69) is 109 Å². The number of hydrogen-bond donors (Lipinski definition) is 0. The summed E-state index contributed by atoms with van der Waals surface area (Å²) >= 11 is 7.42. The Morgan fingerprint density at radius 2 is 1.17 bits per heavy atom. The first kappa shape index (κ1) is 37.2. The fourth-order valence-corrected chi connectivity index (χ4v) is 11.8. The third-order valence-corrected chi connectivity index (χ3v) is 28.2. The first-order valence-electron chi connectivity index (χ1n) is 16.4. The highest BCUT2D eigenvalue weighted by atomic mass is 32.2. The van der Waals surface area contributed by atoms with Crippen LogP contribution in [0.15, 0.2) is 0 Å². The van der Waals surface area contributed by atoms with Gasteiger partial charge in [0, 0.05) is 29.5 Å². The molecule has 42 heavy (non-hydrogen) atoms. The fourth-order valence-electron chi connectivity index (χ4n) is 7.92. The monoisotopic (exact) mass is 674 g/mol. The van der Waals surface area contributed by atoms with E-state index in [9.17, 15) is 0 Å². The minimum absolute atomic E-state index is 0.0636. The van der Waals surface area contributed by atoms with Crippen LogP contribution in [0.5, 0.6) is 0 Å². The third-order valence-electron chi connectivity index (χ3n) is 13.7. The first-order valence-corrected chi connectivity index (χ1v) is 26.7. The molecule has 0 aromatic rings. The smallest absolute Gasteiger partial charge is 0.220 e. The molecule has 4 nitrogen and oxygen atoms in total. The Hall–Kier alpha value is 0.771. The van der Waals surface area contributed by atoms with Crippen molar-refractivity contribution >= 4 is 53.3 Å². The molecule has 4 saturated carbocycles. The second kappa shape index (κ2) is 11.2. The molecule has 0 N–H and O–H groups in total. The van der Waals surface area contributed by atoms with Crippen LogP contribution < -0.4 is 0 Å². The van der Waals surface area contributed by atoms with Crippen LogP contribution in [-0.2, 0) is 18.0 Å². The van der Waals surface area contributed by atoms with Crippen molar-refractivity contribution < 1.29 is 18.0 Å². The number of thiocarbonyl (C=S) groups is 1. The number of fused-ring (bicyclic) bond motifs is 1. The van der Waals surface area contributed by atoms with Crippen molar-refractivity contribution in [1.82, 2.24) is 0 Å². The maximum Gasteiger partial charge on any atom is 0.220 e. The summed E-state index contributed by atoms with van der Waals surface area (Å²) in [5.74, 6) is 0. The fraction of sp³-hybridized carbons (Fsp3) is 0.970. The molecule has 246 valence electrons. The molecule has 0 amide bonds. The summed E-state index contributed by atoms with van der Waals surface area (Å²) in [5, 5.41) is 0.405. The average Bonchev–Trinajstić information content (AvgIpc) is 3.18. The van der Waals surface area contributed by atoms with Gasteiger partial charge in [0.1, 0.15) is 5.60 Å². The molecule has 9 heteroatoms. The topological polar surface area (TPSA) is 36.9 Å². The second-order valence-corrected chi connectivity index (χ2v) is 34.4. The van der Waals surface area contributed by atoms with E-state index in [0.717, 1.165) is 25.9 Å². The van der Waals surface area contributed by atoms with Crippen molar-refractivity contribution in [3.63, 3.8) is 0 Å². The lowest BCUT2D eigenvalue weighted by atomic mass is 9.30. The van der Waals surface area contributed by atoms with Gasteiger partial charge in [-0.15, -0.1) is 0 Å². The lowest BCUT2D eigenvalue weighted by Crippen LogP contribution is -2.83. The highest BCUT2D eigenvalue weighted by Gasteiger charge is 2.94. The molecule has 4 rings (SSSR count). The quantitative estimate of drug-likeness (QED) is 0.179. The van der Waals surface area contributed by atoms with Crippen LogP contribution in [0.1, 0.15) is 101 Å². The Morgan fingerprint density at radius 1 is 0.738 bits per heavy atom. The van der Waals surface area contributed by atoms with Crippen molar-refractivity contribution in [3.8, 4) is 0 Å². The molecule has 5 atom stereocenters. The lowest BCUT2D eigenvalue weighted by Gasteiger charge is -2.77. The maximum absolute atomic E-state index is 7.56. The van der Waals surface area contributed by atoms with Gasteiger partial charge in [0.05, 0.1) is 6.10 Å². The SMILES string of the molecule is CSC(=S)O[C@]1(C)[C@@]2(CO[Si](C)(C)C(C)(C)C)C[C@H](O[Si](C)(C)C(C)(C)C)[C@@]13CCCC[C@@]23CO[Si](C)(C)C(C)(C)C. The van der Waals surface area contributed by atoms with Gasteiger partial charge < -0.3 is 18.0 Å². The molecule has 0 radical (unpaired) electrons. The van der Waals surface area contributed by atoms with Gasteiger partial charge in [-0.2, -0.15) is 0 Å². The molecule has 0 saturated heterocycles. The second-order valence-electron chi connectivity index (χ2n) is 18.6. The van der Waals surface area contributed by atoms with Gasteiger partial charge >= 0.3 is 0 Å². The summed E-state index contributed by atoms with van der Waals surface area (Å²) in [6.45, 7) is 39.4. The summed E-state index contributed by atoms with van der Waals surface area (Å²) in [4.78, 5) is 0. The van der Waals surface area contributed by atoms with E-state index in [4.69, 9.17) is 30.2 Å². The van der Waals surface area contributed by atoms with Gasteiger partial charge in [0.15, 0.2) is 25.0 Å².